The molecule has 1 aromatic rings. The van der Waals surface area contributed by atoms with Crippen molar-refractivity contribution in [2.75, 3.05) is 7.11 Å². The summed E-state index contributed by atoms with van der Waals surface area (Å²) in [6.45, 7) is 0. The first-order chi connectivity index (χ1) is 7.70. The molecule has 2 nitrogen and oxygen atoms in total. The molecule has 0 aliphatic heterocycles. The van der Waals surface area contributed by atoms with Crippen LogP contribution in [0.15, 0.2) is 24.3 Å². The zero-order chi connectivity index (χ0) is 13.3. The van der Waals surface area contributed by atoms with Crippen molar-refractivity contribution in [2.45, 2.75) is 11.3 Å². The summed E-state index contributed by atoms with van der Waals surface area (Å²) in [5, 5.41) is -4.73. The maximum atomic E-state index is 13.2. The lowest BCUT2D eigenvalue weighted by Crippen LogP contribution is -2.32. The third kappa shape index (κ3) is 2.69. The lowest BCUT2D eigenvalue weighted by Gasteiger charge is -2.21. The highest BCUT2D eigenvalue weighted by molar-refractivity contribution is 6.22. The molecule has 0 bridgehead atoms. The van der Waals surface area contributed by atoms with Gasteiger partial charge in [-0.2, -0.15) is 17.6 Å². The fourth-order valence-electron chi connectivity index (χ4n) is 1.12. The maximum Gasteiger partial charge on any atom is 0.388 e. The average molecular weight is 271 g/mol. The monoisotopic (exact) mass is 270 g/mol. The van der Waals surface area contributed by atoms with Crippen LogP contribution in [0, 0.1) is 0 Å². The SMILES string of the molecule is COC(=O)c1cccc(C(F)(F)C(F)(F)Cl)c1. The topological polar surface area (TPSA) is 26.3 Å². The number of halogens is 5. The number of alkyl halides is 5. The van der Waals surface area contributed by atoms with Crippen LogP contribution in [0.3, 0.4) is 0 Å². The van der Waals surface area contributed by atoms with E-state index in [2.05, 4.69) is 16.3 Å². The molecule has 1 rings (SSSR count). The number of esters is 1. The van der Waals surface area contributed by atoms with Crippen LogP contribution in [0.25, 0.3) is 0 Å². The second-order valence-corrected chi connectivity index (χ2v) is 3.62. The van der Waals surface area contributed by atoms with E-state index in [0.29, 0.717) is 6.07 Å². The van der Waals surface area contributed by atoms with E-state index in [0.717, 1.165) is 25.3 Å². The number of rotatable bonds is 3. The minimum absolute atomic E-state index is 0.259. The van der Waals surface area contributed by atoms with Crippen molar-refractivity contribution >= 4 is 17.6 Å². The Balaban J connectivity index is 3.21. The molecule has 0 saturated heterocycles. The smallest absolute Gasteiger partial charge is 0.388 e. The van der Waals surface area contributed by atoms with Crippen molar-refractivity contribution < 1.29 is 27.1 Å². The van der Waals surface area contributed by atoms with E-state index in [1.54, 1.807) is 0 Å². The van der Waals surface area contributed by atoms with Gasteiger partial charge in [0.25, 0.3) is 0 Å². The maximum absolute atomic E-state index is 13.2. The Morgan fingerprint density at radius 1 is 1.29 bits per heavy atom. The third-order valence-electron chi connectivity index (χ3n) is 2.00. The molecule has 0 aliphatic rings. The van der Waals surface area contributed by atoms with Gasteiger partial charge >= 0.3 is 17.3 Å². The first-order valence-corrected chi connectivity index (χ1v) is 4.71. The summed E-state index contributed by atoms with van der Waals surface area (Å²) >= 11 is 4.33. The van der Waals surface area contributed by atoms with Crippen LogP contribution < -0.4 is 0 Å². The predicted octanol–water partition coefficient (Wildman–Crippen LogP) is 3.40. The number of ether oxygens (including phenoxy) is 1. The minimum atomic E-state index is -4.73. The van der Waals surface area contributed by atoms with Crippen molar-refractivity contribution in [3.05, 3.63) is 35.4 Å². The highest BCUT2D eigenvalue weighted by Crippen LogP contribution is 2.45. The molecule has 0 spiro atoms. The average Bonchev–Trinajstić information content (AvgIpc) is 2.26. The van der Waals surface area contributed by atoms with Gasteiger partial charge in [-0.3, -0.25) is 0 Å². The van der Waals surface area contributed by atoms with Gasteiger partial charge in [-0.1, -0.05) is 12.1 Å². The zero-order valence-corrected chi connectivity index (χ0v) is 9.27. The van der Waals surface area contributed by atoms with Crippen LogP contribution >= 0.6 is 11.6 Å². The van der Waals surface area contributed by atoms with Gasteiger partial charge in [-0.15, -0.1) is 0 Å². The highest BCUT2D eigenvalue weighted by atomic mass is 35.5. The van der Waals surface area contributed by atoms with Crippen LogP contribution in [0.2, 0.25) is 0 Å². The molecule has 0 saturated carbocycles. The normalized spacial score (nSPS) is 12.4. The second-order valence-electron chi connectivity index (χ2n) is 3.14. The van der Waals surface area contributed by atoms with Crippen LogP contribution in [0.4, 0.5) is 17.6 Å². The molecule has 1 aromatic carbocycles. The molecule has 0 unspecified atom stereocenters. The Morgan fingerprint density at radius 2 is 1.88 bits per heavy atom. The Morgan fingerprint density at radius 3 is 2.35 bits per heavy atom. The van der Waals surface area contributed by atoms with Crippen molar-refractivity contribution in [3.8, 4) is 0 Å². The van der Waals surface area contributed by atoms with E-state index in [1.807, 2.05) is 0 Å². The quantitative estimate of drug-likeness (QED) is 0.478. The van der Waals surface area contributed by atoms with Gasteiger partial charge in [-0.25, -0.2) is 4.79 Å². The summed E-state index contributed by atoms with van der Waals surface area (Å²) < 4.78 is 55.6. The van der Waals surface area contributed by atoms with Crippen molar-refractivity contribution in [3.63, 3.8) is 0 Å². The predicted molar refractivity (Wildman–Crippen MR) is 52.5 cm³/mol. The molecule has 0 radical (unpaired) electrons. The highest BCUT2D eigenvalue weighted by Gasteiger charge is 2.56. The molecular formula is C10H7ClF4O2. The first kappa shape index (κ1) is 13.8. The van der Waals surface area contributed by atoms with E-state index in [9.17, 15) is 22.4 Å². The Kier molecular flexibility index (Phi) is 3.66. The lowest BCUT2D eigenvalue weighted by molar-refractivity contribution is -0.164. The second kappa shape index (κ2) is 4.52. The number of hydrogen-bond acceptors (Lipinski definition) is 2. The Hall–Kier alpha value is -1.30. The van der Waals surface area contributed by atoms with E-state index < -0.39 is 22.8 Å². The van der Waals surface area contributed by atoms with Gasteiger partial charge in [0.1, 0.15) is 0 Å². The molecule has 0 amide bonds. The lowest BCUT2D eigenvalue weighted by atomic mass is 10.1. The molecule has 7 heteroatoms. The van der Waals surface area contributed by atoms with E-state index in [4.69, 9.17) is 0 Å². The van der Waals surface area contributed by atoms with Gasteiger partial charge in [0.05, 0.1) is 12.7 Å². The van der Waals surface area contributed by atoms with Gasteiger partial charge in [0.15, 0.2) is 0 Å². The summed E-state index contributed by atoms with van der Waals surface area (Å²) in [6.07, 6.45) is 0. The Labute approximate surface area is 99.1 Å². The third-order valence-corrected chi connectivity index (χ3v) is 2.24. The first-order valence-electron chi connectivity index (χ1n) is 4.33. The van der Waals surface area contributed by atoms with Crippen molar-refractivity contribution in [1.82, 2.24) is 0 Å². The van der Waals surface area contributed by atoms with E-state index in [1.165, 1.54) is 0 Å². The number of benzene rings is 1. The number of hydrogen-bond donors (Lipinski definition) is 0. The molecule has 0 N–H and O–H groups in total. The molecule has 0 atom stereocenters. The molecule has 0 heterocycles. The van der Waals surface area contributed by atoms with Crippen LogP contribution in [-0.2, 0) is 10.7 Å². The fourth-order valence-corrected chi connectivity index (χ4v) is 1.23. The molecular weight excluding hydrogens is 264 g/mol. The van der Waals surface area contributed by atoms with Gasteiger partial charge < -0.3 is 4.74 Å². The standard InChI is InChI=1S/C10H7ClF4O2/c1-17-8(16)6-3-2-4-7(5-6)9(12,13)10(11,14)15/h2-5H,1H3. The van der Waals surface area contributed by atoms with E-state index in [-0.39, 0.29) is 5.56 Å². The van der Waals surface area contributed by atoms with Crippen molar-refractivity contribution in [2.24, 2.45) is 0 Å². The summed E-state index contributed by atoms with van der Waals surface area (Å²) in [4.78, 5) is 11.1. The molecule has 0 aromatic heterocycles. The zero-order valence-electron chi connectivity index (χ0n) is 8.52. The minimum Gasteiger partial charge on any atom is -0.465 e. The largest absolute Gasteiger partial charge is 0.465 e. The van der Waals surface area contributed by atoms with Crippen LogP contribution in [-0.4, -0.2) is 18.5 Å². The van der Waals surface area contributed by atoms with Gasteiger partial charge in [0.2, 0.25) is 0 Å². The molecule has 17 heavy (non-hydrogen) atoms. The van der Waals surface area contributed by atoms with Crippen LogP contribution in [0.1, 0.15) is 15.9 Å². The van der Waals surface area contributed by atoms with Gasteiger partial charge in [-0.05, 0) is 23.7 Å². The van der Waals surface area contributed by atoms with Crippen molar-refractivity contribution in [1.29, 1.82) is 0 Å². The fraction of sp³-hybridized carbons (Fsp3) is 0.300. The summed E-state index contributed by atoms with van der Waals surface area (Å²) in [6, 6.07) is 3.57. The Bertz CT molecular complexity index is 429. The molecule has 0 fully saturated rings. The summed E-state index contributed by atoms with van der Waals surface area (Å²) in [5.74, 6) is -5.47. The van der Waals surface area contributed by atoms with E-state index >= 15 is 0 Å². The van der Waals surface area contributed by atoms with Gasteiger partial charge in [0, 0.05) is 5.56 Å². The number of carbonyl (C=O) groups is 1. The number of carbonyl (C=O) groups excluding carboxylic acids is 1. The van der Waals surface area contributed by atoms with Crippen LogP contribution in [0.5, 0.6) is 0 Å². The molecule has 94 valence electrons. The molecule has 0 aliphatic carbocycles. The summed E-state index contributed by atoms with van der Waals surface area (Å²) in [7, 11) is 1.04. The summed E-state index contributed by atoms with van der Waals surface area (Å²) in [5.41, 5.74) is -1.31. The number of methoxy groups -OCH3 is 1.